The first-order valence-electron chi connectivity index (χ1n) is 12.1. The Labute approximate surface area is 207 Å². The molecule has 0 bridgehead atoms. The molecule has 0 aromatic heterocycles. The maximum Gasteiger partial charge on any atom is 0.255 e. The Bertz CT molecular complexity index is 1150. The van der Waals surface area contributed by atoms with E-state index in [-0.39, 0.29) is 11.8 Å². The SMILES string of the molecule is Cc1ccccc1C(=O)N1CCN(c2ccc(NC(=O)c3ccc(OCC(C)C)cc3)cc2)CC1. The second kappa shape index (κ2) is 11.1. The van der Waals surface area contributed by atoms with E-state index in [4.69, 9.17) is 4.74 Å². The third-order valence-electron chi connectivity index (χ3n) is 6.13. The van der Waals surface area contributed by atoms with Crippen LogP contribution < -0.4 is 15.0 Å². The predicted molar refractivity (Wildman–Crippen MR) is 140 cm³/mol. The maximum atomic E-state index is 12.9. The van der Waals surface area contributed by atoms with Gasteiger partial charge in [-0.05, 0) is 73.0 Å². The summed E-state index contributed by atoms with van der Waals surface area (Å²) in [6.45, 7) is 9.73. The van der Waals surface area contributed by atoms with Gasteiger partial charge in [0.1, 0.15) is 5.75 Å². The second-order valence-corrected chi connectivity index (χ2v) is 9.32. The molecule has 0 aliphatic carbocycles. The summed E-state index contributed by atoms with van der Waals surface area (Å²) in [6, 6.07) is 22.8. The summed E-state index contributed by atoms with van der Waals surface area (Å²) >= 11 is 0. The minimum absolute atomic E-state index is 0.0975. The average molecular weight is 472 g/mol. The number of nitrogens with one attached hydrogen (secondary N) is 1. The van der Waals surface area contributed by atoms with Gasteiger partial charge in [-0.3, -0.25) is 9.59 Å². The van der Waals surface area contributed by atoms with Crippen LogP contribution >= 0.6 is 0 Å². The van der Waals surface area contributed by atoms with Gasteiger partial charge in [0, 0.05) is 48.7 Å². The number of carbonyl (C=O) groups excluding carboxylic acids is 2. The molecular formula is C29H33N3O3. The molecule has 6 heteroatoms. The number of nitrogens with zero attached hydrogens (tertiary/aromatic N) is 2. The van der Waals surface area contributed by atoms with Gasteiger partial charge in [-0.2, -0.15) is 0 Å². The highest BCUT2D eigenvalue weighted by Gasteiger charge is 2.23. The van der Waals surface area contributed by atoms with Crippen molar-refractivity contribution < 1.29 is 14.3 Å². The molecule has 4 rings (SSSR count). The van der Waals surface area contributed by atoms with Gasteiger partial charge in [-0.25, -0.2) is 0 Å². The second-order valence-electron chi connectivity index (χ2n) is 9.32. The molecule has 6 nitrogen and oxygen atoms in total. The van der Waals surface area contributed by atoms with Gasteiger partial charge in [0.2, 0.25) is 0 Å². The monoisotopic (exact) mass is 471 g/mol. The highest BCUT2D eigenvalue weighted by atomic mass is 16.5. The largest absolute Gasteiger partial charge is 0.493 e. The topological polar surface area (TPSA) is 61.9 Å². The van der Waals surface area contributed by atoms with Crippen molar-refractivity contribution in [1.82, 2.24) is 4.90 Å². The van der Waals surface area contributed by atoms with E-state index in [1.54, 1.807) is 12.1 Å². The lowest BCUT2D eigenvalue weighted by molar-refractivity contribution is 0.0746. The molecule has 3 aromatic rings. The molecule has 0 radical (unpaired) electrons. The number of amides is 2. The van der Waals surface area contributed by atoms with Crippen molar-refractivity contribution in [2.45, 2.75) is 20.8 Å². The lowest BCUT2D eigenvalue weighted by atomic mass is 10.1. The minimum atomic E-state index is -0.156. The molecule has 1 aliphatic heterocycles. The molecule has 1 N–H and O–H groups in total. The summed E-state index contributed by atoms with van der Waals surface area (Å²) in [6.07, 6.45) is 0. The Balaban J connectivity index is 1.29. The van der Waals surface area contributed by atoms with Gasteiger partial charge in [0.05, 0.1) is 6.61 Å². The summed E-state index contributed by atoms with van der Waals surface area (Å²) in [7, 11) is 0. The standard InChI is InChI=1S/C29H33N3O3/c1-21(2)20-35-26-14-8-23(9-15-26)28(33)30-24-10-12-25(13-11-24)31-16-18-32(19-17-31)29(34)27-7-5-4-6-22(27)3/h4-15,21H,16-20H2,1-3H3,(H,30,33). The van der Waals surface area contributed by atoms with Crippen molar-refractivity contribution in [1.29, 1.82) is 0 Å². The summed E-state index contributed by atoms with van der Waals surface area (Å²) in [5, 5.41) is 2.95. The van der Waals surface area contributed by atoms with Gasteiger partial charge >= 0.3 is 0 Å². The van der Waals surface area contributed by atoms with Crippen molar-refractivity contribution in [2.75, 3.05) is 43.0 Å². The number of ether oxygens (including phenoxy) is 1. The van der Waals surface area contributed by atoms with E-state index in [2.05, 4.69) is 24.1 Å². The van der Waals surface area contributed by atoms with E-state index in [9.17, 15) is 9.59 Å². The van der Waals surface area contributed by atoms with Crippen LogP contribution in [0.25, 0.3) is 0 Å². The minimum Gasteiger partial charge on any atom is -0.493 e. The molecule has 0 spiro atoms. The highest BCUT2D eigenvalue weighted by Crippen LogP contribution is 2.22. The zero-order valence-corrected chi connectivity index (χ0v) is 20.7. The fourth-order valence-corrected chi connectivity index (χ4v) is 4.08. The van der Waals surface area contributed by atoms with Crippen LogP contribution in [0.15, 0.2) is 72.8 Å². The number of hydrogen-bond donors (Lipinski definition) is 1. The van der Waals surface area contributed by atoms with Crippen LogP contribution in [0.5, 0.6) is 5.75 Å². The average Bonchev–Trinajstić information content (AvgIpc) is 2.88. The normalized spacial score (nSPS) is 13.6. The third kappa shape index (κ3) is 6.21. The van der Waals surface area contributed by atoms with Crippen LogP contribution in [0.2, 0.25) is 0 Å². The highest BCUT2D eigenvalue weighted by molar-refractivity contribution is 6.04. The molecule has 1 fully saturated rings. The van der Waals surface area contributed by atoms with Gasteiger partial charge in [-0.15, -0.1) is 0 Å². The van der Waals surface area contributed by atoms with E-state index in [0.29, 0.717) is 31.2 Å². The van der Waals surface area contributed by atoms with Crippen molar-refractivity contribution in [3.63, 3.8) is 0 Å². The predicted octanol–water partition coefficient (Wildman–Crippen LogP) is 5.24. The summed E-state index contributed by atoms with van der Waals surface area (Å²) in [4.78, 5) is 29.7. The van der Waals surface area contributed by atoms with Crippen LogP contribution in [0, 0.1) is 12.8 Å². The van der Waals surface area contributed by atoms with Gasteiger partial charge in [-0.1, -0.05) is 32.0 Å². The number of anilines is 2. The third-order valence-corrected chi connectivity index (χ3v) is 6.13. The number of rotatable bonds is 7. The molecule has 0 unspecified atom stereocenters. The Kier molecular flexibility index (Phi) is 7.70. The number of hydrogen-bond acceptors (Lipinski definition) is 4. The molecule has 35 heavy (non-hydrogen) atoms. The van der Waals surface area contributed by atoms with E-state index in [0.717, 1.165) is 41.3 Å². The molecule has 0 atom stereocenters. The Hall–Kier alpha value is -3.80. The molecule has 1 saturated heterocycles. The fourth-order valence-electron chi connectivity index (χ4n) is 4.08. The molecule has 1 heterocycles. The Morgan fingerprint density at radius 3 is 2.17 bits per heavy atom. The van der Waals surface area contributed by atoms with E-state index < -0.39 is 0 Å². The molecule has 0 saturated carbocycles. The molecule has 3 aromatic carbocycles. The van der Waals surface area contributed by atoms with E-state index in [1.165, 1.54) is 0 Å². The van der Waals surface area contributed by atoms with Crippen molar-refractivity contribution >= 4 is 23.2 Å². The van der Waals surface area contributed by atoms with Crippen LogP contribution in [-0.4, -0.2) is 49.5 Å². The van der Waals surface area contributed by atoms with E-state index >= 15 is 0 Å². The van der Waals surface area contributed by atoms with Crippen LogP contribution in [0.4, 0.5) is 11.4 Å². The lowest BCUT2D eigenvalue weighted by Gasteiger charge is -2.36. The van der Waals surface area contributed by atoms with Gasteiger partial charge < -0.3 is 19.9 Å². The number of carbonyl (C=O) groups is 2. The van der Waals surface area contributed by atoms with Crippen molar-refractivity contribution in [3.05, 3.63) is 89.5 Å². The van der Waals surface area contributed by atoms with Gasteiger partial charge in [0.15, 0.2) is 0 Å². The smallest absolute Gasteiger partial charge is 0.255 e. The molecule has 1 aliphatic rings. The maximum absolute atomic E-state index is 12.9. The summed E-state index contributed by atoms with van der Waals surface area (Å²) < 4.78 is 5.68. The van der Waals surface area contributed by atoms with Gasteiger partial charge in [0.25, 0.3) is 11.8 Å². The lowest BCUT2D eigenvalue weighted by Crippen LogP contribution is -2.48. The first-order chi connectivity index (χ1) is 16.9. The Morgan fingerprint density at radius 2 is 1.54 bits per heavy atom. The van der Waals surface area contributed by atoms with Crippen molar-refractivity contribution in [3.8, 4) is 5.75 Å². The summed E-state index contributed by atoms with van der Waals surface area (Å²) in [5.41, 5.74) is 4.19. The Morgan fingerprint density at radius 1 is 0.886 bits per heavy atom. The zero-order valence-electron chi connectivity index (χ0n) is 20.7. The van der Waals surface area contributed by atoms with Crippen LogP contribution in [0.1, 0.15) is 40.1 Å². The quantitative estimate of drug-likeness (QED) is 0.512. The zero-order chi connectivity index (χ0) is 24.8. The molecular weight excluding hydrogens is 438 g/mol. The number of benzene rings is 3. The number of aryl methyl sites for hydroxylation is 1. The van der Waals surface area contributed by atoms with E-state index in [1.807, 2.05) is 72.5 Å². The first kappa shape index (κ1) is 24.3. The first-order valence-corrected chi connectivity index (χ1v) is 12.1. The number of piperazine rings is 1. The molecule has 2 amide bonds. The van der Waals surface area contributed by atoms with Crippen LogP contribution in [0.3, 0.4) is 0 Å². The van der Waals surface area contributed by atoms with Crippen molar-refractivity contribution in [2.24, 2.45) is 5.92 Å². The fraction of sp³-hybridized carbons (Fsp3) is 0.310. The molecule has 182 valence electrons. The van der Waals surface area contributed by atoms with Crippen LogP contribution in [-0.2, 0) is 0 Å². The summed E-state index contributed by atoms with van der Waals surface area (Å²) in [5.74, 6) is 1.16.